The van der Waals surface area contributed by atoms with Gasteiger partial charge in [0.25, 0.3) is 0 Å². The van der Waals surface area contributed by atoms with Gasteiger partial charge in [-0.2, -0.15) is 0 Å². The van der Waals surface area contributed by atoms with E-state index in [9.17, 15) is 0 Å². The van der Waals surface area contributed by atoms with E-state index in [1.807, 2.05) is 0 Å². The van der Waals surface area contributed by atoms with Crippen molar-refractivity contribution in [1.29, 1.82) is 0 Å². The van der Waals surface area contributed by atoms with E-state index in [0.717, 1.165) is 30.0 Å². The first-order valence-electron chi connectivity index (χ1n) is 7.86. The van der Waals surface area contributed by atoms with E-state index >= 15 is 0 Å². The lowest BCUT2D eigenvalue weighted by Gasteiger charge is -2.19. The number of rotatable bonds is 3. The second kappa shape index (κ2) is 6.09. The Morgan fingerprint density at radius 3 is 2.68 bits per heavy atom. The lowest BCUT2D eigenvalue weighted by atomic mass is 9.92. The molecule has 0 saturated heterocycles. The van der Waals surface area contributed by atoms with Gasteiger partial charge in [0.1, 0.15) is 5.75 Å². The maximum Gasteiger partial charge on any atom is 0.120 e. The molecule has 0 amide bonds. The van der Waals surface area contributed by atoms with Crippen molar-refractivity contribution in [2.75, 3.05) is 20.3 Å². The number of nitrogens with zero attached hydrogens (tertiary/aromatic N) is 1. The van der Waals surface area contributed by atoms with E-state index in [1.54, 1.807) is 7.11 Å². The van der Waals surface area contributed by atoms with Gasteiger partial charge in [0.05, 0.1) is 25.8 Å². The molecule has 0 atom stereocenters. The number of aryl methyl sites for hydroxylation is 1. The van der Waals surface area contributed by atoms with Gasteiger partial charge < -0.3 is 9.47 Å². The predicted octanol–water partition coefficient (Wildman–Crippen LogP) is 4.48. The van der Waals surface area contributed by atoms with E-state index in [-0.39, 0.29) is 0 Å². The van der Waals surface area contributed by atoms with Crippen molar-refractivity contribution in [2.45, 2.75) is 33.1 Å². The summed E-state index contributed by atoms with van der Waals surface area (Å²) in [7, 11) is 1.72. The molecule has 0 saturated carbocycles. The number of ether oxygens (including phenoxy) is 2. The summed E-state index contributed by atoms with van der Waals surface area (Å²) in [5.74, 6) is 1.34. The van der Waals surface area contributed by atoms with Crippen molar-refractivity contribution >= 4 is 16.5 Å². The van der Waals surface area contributed by atoms with Crippen LogP contribution in [-0.4, -0.2) is 25.3 Å². The van der Waals surface area contributed by atoms with Crippen LogP contribution < -0.4 is 4.74 Å². The molecule has 0 spiro atoms. The maximum atomic E-state index is 5.53. The van der Waals surface area contributed by atoms with Crippen LogP contribution in [0.25, 0.3) is 16.5 Å². The molecule has 2 aromatic rings. The molecule has 3 nitrogen and oxygen atoms in total. The van der Waals surface area contributed by atoms with Gasteiger partial charge in [-0.3, -0.25) is 4.98 Å². The Morgan fingerprint density at radius 1 is 1.23 bits per heavy atom. The molecule has 0 aliphatic carbocycles. The minimum absolute atomic E-state index is 0.452. The van der Waals surface area contributed by atoms with Crippen molar-refractivity contribution in [1.82, 2.24) is 4.98 Å². The van der Waals surface area contributed by atoms with Crippen LogP contribution in [0.3, 0.4) is 0 Å². The van der Waals surface area contributed by atoms with Crippen molar-refractivity contribution in [3.63, 3.8) is 0 Å². The molecule has 1 aliphatic rings. The molecule has 0 radical (unpaired) electrons. The lowest BCUT2D eigenvalue weighted by molar-refractivity contribution is 0.161. The van der Waals surface area contributed by atoms with Gasteiger partial charge >= 0.3 is 0 Å². The minimum atomic E-state index is 0.452. The van der Waals surface area contributed by atoms with Crippen LogP contribution in [0, 0.1) is 6.92 Å². The third-order valence-electron chi connectivity index (χ3n) is 4.21. The van der Waals surface area contributed by atoms with Crippen LogP contribution in [0.1, 0.15) is 43.0 Å². The number of fused-ring (bicyclic) bond motifs is 1. The highest BCUT2D eigenvalue weighted by atomic mass is 16.5. The first kappa shape index (κ1) is 15.0. The molecule has 3 rings (SSSR count). The Hall–Kier alpha value is -1.87. The summed E-state index contributed by atoms with van der Waals surface area (Å²) in [6.07, 6.45) is 3.09. The summed E-state index contributed by atoms with van der Waals surface area (Å²) in [4.78, 5) is 4.83. The molecule has 1 aliphatic heterocycles. The summed E-state index contributed by atoms with van der Waals surface area (Å²) in [5.41, 5.74) is 5.97. The van der Waals surface area contributed by atoms with E-state index in [4.69, 9.17) is 14.5 Å². The lowest BCUT2D eigenvalue weighted by Crippen LogP contribution is -2.05. The molecule has 22 heavy (non-hydrogen) atoms. The fraction of sp³-hybridized carbons (Fsp3) is 0.421. The first-order valence-corrected chi connectivity index (χ1v) is 7.86. The third kappa shape index (κ3) is 2.73. The molecular formula is C19H23NO2. The van der Waals surface area contributed by atoms with Crippen LogP contribution in [0.5, 0.6) is 5.75 Å². The molecule has 0 unspecified atom stereocenters. The Bertz CT molecular complexity index is 732. The van der Waals surface area contributed by atoms with E-state index in [2.05, 4.69) is 45.0 Å². The Morgan fingerprint density at radius 2 is 2.05 bits per heavy atom. The normalized spacial score (nSPS) is 15.2. The quantitative estimate of drug-likeness (QED) is 0.837. The highest BCUT2D eigenvalue weighted by Gasteiger charge is 2.16. The molecule has 0 N–H and O–H groups in total. The van der Waals surface area contributed by atoms with Gasteiger partial charge in [-0.05, 0) is 48.6 Å². The minimum Gasteiger partial charge on any atom is -0.497 e. The molecule has 2 heterocycles. The fourth-order valence-corrected chi connectivity index (χ4v) is 3.07. The van der Waals surface area contributed by atoms with Crippen molar-refractivity contribution in [3.8, 4) is 5.75 Å². The van der Waals surface area contributed by atoms with Crippen molar-refractivity contribution in [2.24, 2.45) is 0 Å². The van der Waals surface area contributed by atoms with Crippen LogP contribution in [0.15, 0.2) is 24.3 Å². The average molecular weight is 297 g/mol. The number of hydrogen-bond donors (Lipinski definition) is 0. The summed E-state index contributed by atoms with van der Waals surface area (Å²) >= 11 is 0. The number of methoxy groups -OCH3 is 1. The number of aromatic nitrogens is 1. The highest BCUT2D eigenvalue weighted by molar-refractivity contribution is 5.94. The molecule has 0 bridgehead atoms. The third-order valence-corrected chi connectivity index (χ3v) is 4.21. The number of hydrogen-bond acceptors (Lipinski definition) is 3. The standard InChI is InChI=1S/C19H23NO2/c1-12(2)16-9-13(3)20-19-17(14-5-7-22-8-6-14)10-15(21-4)11-18(16)19/h5,9-12H,6-8H2,1-4H3. The average Bonchev–Trinajstić information content (AvgIpc) is 2.53. The summed E-state index contributed by atoms with van der Waals surface area (Å²) in [5, 5.41) is 1.20. The fourth-order valence-electron chi connectivity index (χ4n) is 3.07. The van der Waals surface area contributed by atoms with Gasteiger partial charge in [-0.25, -0.2) is 0 Å². The zero-order valence-corrected chi connectivity index (χ0v) is 13.8. The number of benzene rings is 1. The smallest absolute Gasteiger partial charge is 0.120 e. The second-order valence-corrected chi connectivity index (χ2v) is 6.13. The molecular weight excluding hydrogens is 274 g/mol. The van der Waals surface area contributed by atoms with Crippen molar-refractivity contribution in [3.05, 3.63) is 41.1 Å². The van der Waals surface area contributed by atoms with Crippen LogP contribution >= 0.6 is 0 Å². The van der Waals surface area contributed by atoms with E-state index in [1.165, 1.54) is 22.1 Å². The largest absolute Gasteiger partial charge is 0.497 e. The van der Waals surface area contributed by atoms with Crippen LogP contribution in [0.4, 0.5) is 0 Å². The van der Waals surface area contributed by atoms with Gasteiger partial charge in [-0.15, -0.1) is 0 Å². The molecule has 3 heteroatoms. The SMILES string of the molecule is COc1cc(C2=CCOCC2)c2nc(C)cc(C(C)C)c2c1. The highest BCUT2D eigenvalue weighted by Crippen LogP contribution is 2.35. The predicted molar refractivity (Wildman–Crippen MR) is 90.5 cm³/mol. The zero-order valence-electron chi connectivity index (χ0n) is 13.8. The van der Waals surface area contributed by atoms with Crippen LogP contribution in [-0.2, 0) is 4.74 Å². The first-order chi connectivity index (χ1) is 10.6. The Balaban J connectivity index is 2.32. The van der Waals surface area contributed by atoms with E-state index < -0.39 is 0 Å². The summed E-state index contributed by atoms with van der Waals surface area (Å²) < 4.78 is 11.0. The summed E-state index contributed by atoms with van der Waals surface area (Å²) in [6.45, 7) is 7.96. The monoisotopic (exact) mass is 297 g/mol. The van der Waals surface area contributed by atoms with Gasteiger partial charge in [-0.1, -0.05) is 19.9 Å². The second-order valence-electron chi connectivity index (χ2n) is 6.13. The Kier molecular flexibility index (Phi) is 4.16. The van der Waals surface area contributed by atoms with Gasteiger partial charge in [0, 0.05) is 16.6 Å². The van der Waals surface area contributed by atoms with Gasteiger partial charge in [0.15, 0.2) is 0 Å². The van der Waals surface area contributed by atoms with Crippen molar-refractivity contribution < 1.29 is 9.47 Å². The topological polar surface area (TPSA) is 31.4 Å². The zero-order chi connectivity index (χ0) is 15.7. The van der Waals surface area contributed by atoms with Crippen LogP contribution in [0.2, 0.25) is 0 Å². The molecule has 1 aromatic carbocycles. The molecule has 1 aromatic heterocycles. The maximum absolute atomic E-state index is 5.53. The Labute approximate surface area is 132 Å². The van der Waals surface area contributed by atoms with E-state index in [0.29, 0.717) is 12.5 Å². The van der Waals surface area contributed by atoms with Gasteiger partial charge in [0.2, 0.25) is 0 Å². The molecule has 116 valence electrons. The summed E-state index contributed by atoms with van der Waals surface area (Å²) in [6, 6.07) is 6.41. The molecule has 0 fully saturated rings. The number of pyridine rings is 1.